The Bertz CT molecular complexity index is 840. The Morgan fingerprint density at radius 1 is 1.43 bits per heavy atom. The van der Waals surface area contributed by atoms with E-state index in [0.29, 0.717) is 36.9 Å². The van der Waals surface area contributed by atoms with Gasteiger partial charge in [0.15, 0.2) is 5.82 Å². The van der Waals surface area contributed by atoms with E-state index in [9.17, 15) is 14.0 Å². The van der Waals surface area contributed by atoms with Gasteiger partial charge in [-0.1, -0.05) is 23.4 Å². The van der Waals surface area contributed by atoms with E-state index in [1.165, 1.54) is 6.07 Å². The second-order valence-corrected chi connectivity index (χ2v) is 6.71. The zero-order valence-electron chi connectivity index (χ0n) is 16.0. The lowest BCUT2D eigenvalue weighted by atomic mass is 10.1. The fourth-order valence-corrected chi connectivity index (χ4v) is 3.27. The van der Waals surface area contributed by atoms with Crippen LogP contribution < -0.4 is 5.32 Å². The van der Waals surface area contributed by atoms with E-state index in [1.54, 1.807) is 30.0 Å². The maximum atomic E-state index is 14.0. The number of carbonyl (C=O) groups excluding carboxylic acids is 2. The fraction of sp³-hybridized carbons (Fsp3) is 0.474. The first-order valence-corrected chi connectivity index (χ1v) is 9.30. The number of nitrogens with zero attached hydrogens (tertiary/aromatic N) is 4. The van der Waals surface area contributed by atoms with Crippen molar-refractivity contribution < 1.29 is 18.5 Å². The molecule has 0 aliphatic carbocycles. The summed E-state index contributed by atoms with van der Waals surface area (Å²) in [7, 11) is 0. The number of aryl methyl sites for hydroxylation is 1. The van der Waals surface area contributed by atoms with E-state index in [4.69, 9.17) is 4.52 Å². The fourth-order valence-electron chi connectivity index (χ4n) is 3.27. The quantitative estimate of drug-likeness (QED) is 0.767. The molecule has 0 unspecified atom stereocenters. The Morgan fingerprint density at radius 3 is 2.89 bits per heavy atom. The van der Waals surface area contributed by atoms with E-state index in [0.717, 1.165) is 0 Å². The van der Waals surface area contributed by atoms with Crippen molar-refractivity contribution in [2.24, 2.45) is 0 Å². The van der Waals surface area contributed by atoms with Crippen molar-refractivity contribution in [2.45, 2.75) is 39.4 Å². The Hall–Kier alpha value is -2.81. The van der Waals surface area contributed by atoms with E-state index in [1.807, 2.05) is 11.8 Å². The molecule has 1 fully saturated rings. The molecule has 1 atom stereocenters. The van der Waals surface area contributed by atoms with Crippen LogP contribution >= 0.6 is 0 Å². The van der Waals surface area contributed by atoms with Crippen LogP contribution in [0.3, 0.4) is 0 Å². The Kier molecular flexibility index (Phi) is 6.35. The van der Waals surface area contributed by atoms with Crippen LogP contribution in [0.25, 0.3) is 0 Å². The molecule has 2 amide bonds. The third-order valence-electron chi connectivity index (χ3n) is 4.78. The molecular formula is C19H24FN5O3. The lowest BCUT2D eigenvalue weighted by molar-refractivity contribution is -0.139. The van der Waals surface area contributed by atoms with Crippen LogP contribution in [-0.2, 0) is 22.7 Å². The number of amides is 2. The molecule has 1 aliphatic heterocycles. The molecule has 28 heavy (non-hydrogen) atoms. The predicted octanol–water partition coefficient (Wildman–Crippen LogP) is 1.26. The smallest absolute Gasteiger partial charge is 0.237 e. The number of nitrogens with one attached hydrogen (secondary N) is 1. The normalized spacial score (nSPS) is 17.4. The van der Waals surface area contributed by atoms with Crippen LogP contribution in [-0.4, -0.2) is 57.4 Å². The van der Waals surface area contributed by atoms with Crippen LogP contribution in [0.1, 0.15) is 30.6 Å². The van der Waals surface area contributed by atoms with Crippen molar-refractivity contribution >= 4 is 11.8 Å². The lowest BCUT2D eigenvalue weighted by Crippen LogP contribution is -2.56. The molecule has 2 heterocycles. The average molecular weight is 389 g/mol. The van der Waals surface area contributed by atoms with Crippen molar-refractivity contribution in [3.05, 3.63) is 47.4 Å². The number of hydrogen-bond acceptors (Lipinski definition) is 6. The van der Waals surface area contributed by atoms with Crippen molar-refractivity contribution in [2.75, 3.05) is 19.6 Å². The summed E-state index contributed by atoms with van der Waals surface area (Å²) in [5.41, 5.74) is 0.504. The first kappa shape index (κ1) is 19.9. The number of halogens is 1. The molecule has 9 heteroatoms. The van der Waals surface area contributed by atoms with Crippen molar-refractivity contribution in [3.8, 4) is 0 Å². The predicted molar refractivity (Wildman–Crippen MR) is 98.4 cm³/mol. The van der Waals surface area contributed by atoms with Gasteiger partial charge in [0.25, 0.3) is 0 Å². The monoisotopic (exact) mass is 389 g/mol. The van der Waals surface area contributed by atoms with Gasteiger partial charge in [-0.25, -0.2) is 4.39 Å². The molecular weight excluding hydrogens is 365 g/mol. The van der Waals surface area contributed by atoms with E-state index < -0.39 is 6.04 Å². The van der Waals surface area contributed by atoms with Crippen molar-refractivity contribution in [1.82, 2.24) is 25.3 Å². The van der Waals surface area contributed by atoms with E-state index in [-0.39, 0.29) is 37.1 Å². The van der Waals surface area contributed by atoms with Crippen LogP contribution in [0.2, 0.25) is 0 Å². The maximum Gasteiger partial charge on any atom is 0.237 e. The summed E-state index contributed by atoms with van der Waals surface area (Å²) in [6.45, 7) is 5.49. The van der Waals surface area contributed by atoms with Crippen molar-refractivity contribution in [3.63, 3.8) is 0 Å². The molecule has 2 aromatic rings. The van der Waals surface area contributed by atoms with Gasteiger partial charge >= 0.3 is 0 Å². The number of benzene rings is 1. The largest absolute Gasteiger partial charge is 0.353 e. The molecule has 3 rings (SSSR count). The van der Waals surface area contributed by atoms with Crippen molar-refractivity contribution in [1.29, 1.82) is 0 Å². The zero-order valence-corrected chi connectivity index (χ0v) is 16.0. The second-order valence-electron chi connectivity index (χ2n) is 6.71. The molecule has 1 saturated heterocycles. The maximum absolute atomic E-state index is 14.0. The molecule has 1 aromatic carbocycles. The van der Waals surface area contributed by atoms with Gasteiger partial charge in [0.2, 0.25) is 17.7 Å². The van der Waals surface area contributed by atoms with Crippen LogP contribution in [0.15, 0.2) is 28.8 Å². The molecule has 0 spiro atoms. The highest BCUT2D eigenvalue weighted by Crippen LogP contribution is 2.17. The zero-order chi connectivity index (χ0) is 20.1. The highest BCUT2D eigenvalue weighted by molar-refractivity contribution is 5.88. The van der Waals surface area contributed by atoms with Gasteiger partial charge in [-0.3, -0.25) is 14.5 Å². The van der Waals surface area contributed by atoms with Crippen LogP contribution in [0.5, 0.6) is 0 Å². The summed E-state index contributed by atoms with van der Waals surface area (Å²) < 4.78 is 19.0. The summed E-state index contributed by atoms with van der Waals surface area (Å²) in [6, 6.07) is 5.82. The minimum atomic E-state index is -0.651. The SMILES string of the molecule is CCN(Cc1noc(C)n1)C(=O)C[C@H]1C(=O)NCCN1Cc1ccccc1F. The van der Waals surface area contributed by atoms with Gasteiger partial charge in [0.1, 0.15) is 5.82 Å². The molecule has 8 nitrogen and oxygen atoms in total. The summed E-state index contributed by atoms with van der Waals surface area (Å²) in [4.78, 5) is 32.8. The van der Waals surface area contributed by atoms with Gasteiger partial charge in [-0.2, -0.15) is 4.98 Å². The Labute approximate surface area is 162 Å². The first-order valence-electron chi connectivity index (χ1n) is 9.30. The number of hydrogen-bond donors (Lipinski definition) is 1. The highest BCUT2D eigenvalue weighted by atomic mass is 19.1. The van der Waals surface area contributed by atoms with Crippen LogP contribution in [0.4, 0.5) is 4.39 Å². The number of rotatable bonds is 7. The minimum Gasteiger partial charge on any atom is -0.353 e. The third-order valence-corrected chi connectivity index (χ3v) is 4.78. The minimum absolute atomic E-state index is 0.00492. The Balaban J connectivity index is 1.69. The van der Waals surface area contributed by atoms with Gasteiger partial charge in [-0.05, 0) is 13.0 Å². The first-order chi connectivity index (χ1) is 13.5. The topological polar surface area (TPSA) is 91.6 Å². The van der Waals surface area contributed by atoms with Gasteiger partial charge in [-0.15, -0.1) is 0 Å². The van der Waals surface area contributed by atoms with Gasteiger partial charge < -0.3 is 14.7 Å². The molecule has 1 aromatic heterocycles. The summed E-state index contributed by atoms with van der Waals surface area (Å²) in [5.74, 6) is 0.124. The molecule has 1 N–H and O–H groups in total. The number of carbonyl (C=O) groups is 2. The van der Waals surface area contributed by atoms with Crippen LogP contribution in [0, 0.1) is 12.7 Å². The second kappa shape index (κ2) is 8.92. The van der Waals surface area contributed by atoms with E-state index in [2.05, 4.69) is 15.5 Å². The molecule has 1 aliphatic rings. The summed E-state index contributed by atoms with van der Waals surface area (Å²) in [6.07, 6.45) is 0.00492. The molecule has 0 saturated carbocycles. The Morgan fingerprint density at radius 2 is 2.21 bits per heavy atom. The standard InChI is InChI=1S/C19H24FN5O3/c1-3-24(12-17-22-13(2)28-23-17)18(26)10-16-19(27)21-8-9-25(16)11-14-6-4-5-7-15(14)20/h4-7,16H,3,8-12H2,1-2H3,(H,21,27)/t16-/m0/s1. The average Bonchev–Trinajstić information content (AvgIpc) is 3.09. The highest BCUT2D eigenvalue weighted by Gasteiger charge is 2.33. The lowest BCUT2D eigenvalue weighted by Gasteiger charge is -2.35. The molecule has 0 bridgehead atoms. The summed E-state index contributed by atoms with van der Waals surface area (Å²) in [5, 5.41) is 6.61. The number of piperazine rings is 1. The number of aromatic nitrogens is 2. The van der Waals surface area contributed by atoms with E-state index >= 15 is 0 Å². The van der Waals surface area contributed by atoms with Gasteiger partial charge in [0, 0.05) is 38.7 Å². The molecule has 0 radical (unpaired) electrons. The summed E-state index contributed by atoms with van der Waals surface area (Å²) >= 11 is 0. The van der Waals surface area contributed by atoms with Gasteiger partial charge in [0.05, 0.1) is 19.0 Å². The molecule has 150 valence electrons. The third kappa shape index (κ3) is 4.72.